The number of carboxylic acid groups (broad SMARTS) is 1. The first-order valence-corrected chi connectivity index (χ1v) is 11.4. The van der Waals surface area contributed by atoms with Gasteiger partial charge in [-0.15, -0.1) is 0 Å². The first-order valence-electron chi connectivity index (χ1n) is 11.4. The van der Waals surface area contributed by atoms with Gasteiger partial charge in [-0.1, -0.05) is 36.8 Å². The zero-order valence-electron chi connectivity index (χ0n) is 18.5. The number of rotatable bonds is 10. The van der Waals surface area contributed by atoms with E-state index in [2.05, 4.69) is 5.32 Å². The summed E-state index contributed by atoms with van der Waals surface area (Å²) in [7, 11) is 0. The van der Waals surface area contributed by atoms with Crippen LogP contribution in [0.15, 0.2) is 30.3 Å². The highest BCUT2D eigenvalue weighted by molar-refractivity contribution is 5.84. The van der Waals surface area contributed by atoms with Gasteiger partial charge in [-0.25, -0.2) is 0 Å². The standard InChI is InChI=1S/C24H34N2O5/c1-3-31-24(30)20(13-12-17-8-5-4-6-9-17)25-16(2)23(29)26-19(15-22(27)28)14-18-10-7-11-21(18)26/h4-6,8-9,16,18-21,25H,3,7,10-15H2,1-2H3,(H,27,28)/t16-,18-,19?,20-,21-/m0/s1. The van der Waals surface area contributed by atoms with Crippen molar-refractivity contribution in [2.45, 2.75) is 83.0 Å². The Morgan fingerprint density at radius 1 is 1.23 bits per heavy atom. The minimum atomic E-state index is -0.879. The van der Waals surface area contributed by atoms with E-state index in [9.17, 15) is 19.5 Å². The van der Waals surface area contributed by atoms with Crippen molar-refractivity contribution in [2.24, 2.45) is 5.92 Å². The first-order chi connectivity index (χ1) is 14.9. The minimum Gasteiger partial charge on any atom is -0.481 e. The number of aliphatic carboxylic acids is 1. The van der Waals surface area contributed by atoms with Gasteiger partial charge in [0.25, 0.3) is 0 Å². The van der Waals surface area contributed by atoms with Crippen LogP contribution in [0.25, 0.3) is 0 Å². The molecule has 1 aromatic rings. The normalized spacial score (nSPS) is 24.5. The highest BCUT2D eigenvalue weighted by Gasteiger charge is 2.47. The molecule has 2 aliphatic rings. The number of carboxylic acids is 1. The molecule has 3 rings (SSSR count). The van der Waals surface area contributed by atoms with Crippen molar-refractivity contribution >= 4 is 17.8 Å². The van der Waals surface area contributed by atoms with E-state index in [1.54, 1.807) is 13.8 Å². The van der Waals surface area contributed by atoms with Crippen molar-refractivity contribution < 1.29 is 24.2 Å². The van der Waals surface area contributed by atoms with Crippen LogP contribution in [-0.4, -0.2) is 58.6 Å². The van der Waals surface area contributed by atoms with Crippen LogP contribution in [0.4, 0.5) is 0 Å². The molecule has 31 heavy (non-hydrogen) atoms. The van der Waals surface area contributed by atoms with Gasteiger partial charge in [0.2, 0.25) is 5.91 Å². The van der Waals surface area contributed by atoms with Gasteiger partial charge in [-0.2, -0.15) is 0 Å². The van der Waals surface area contributed by atoms with Crippen molar-refractivity contribution in [2.75, 3.05) is 6.61 Å². The van der Waals surface area contributed by atoms with Gasteiger partial charge in [0.05, 0.1) is 19.1 Å². The quantitative estimate of drug-likeness (QED) is 0.554. The molecule has 2 fully saturated rings. The van der Waals surface area contributed by atoms with Gasteiger partial charge in [0.1, 0.15) is 6.04 Å². The Kier molecular flexibility index (Phi) is 8.07. The topological polar surface area (TPSA) is 95.9 Å². The van der Waals surface area contributed by atoms with Crippen LogP contribution in [0.2, 0.25) is 0 Å². The van der Waals surface area contributed by atoms with E-state index in [4.69, 9.17) is 4.74 Å². The fourth-order valence-corrected chi connectivity index (χ4v) is 5.18. The van der Waals surface area contributed by atoms with Crippen LogP contribution in [0, 0.1) is 5.92 Å². The molecule has 1 aliphatic heterocycles. The molecule has 1 heterocycles. The molecule has 0 bridgehead atoms. The molecule has 7 nitrogen and oxygen atoms in total. The third-order valence-corrected chi connectivity index (χ3v) is 6.57. The van der Waals surface area contributed by atoms with Gasteiger partial charge in [-0.05, 0) is 57.4 Å². The maximum absolute atomic E-state index is 13.4. The fourth-order valence-electron chi connectivity index (χ4n) is 5.18. The molecule has 1 amide bonds. The van der Waals surface area contributed by atoms with Crippen molar-refractivity contribution in [3.63, 3.8) is 0 Å². The summed E-state index contributed by atoms with van der Waals surface area (Å²) in [4.78, 5) is 39.1. The number of hydrogen-bond donors (Lipinski definition) is 2. The van der Waals surface area contributed by atoms with E-state index in [0.29, 0.717) is 18.8 Å². The van der Waals surface area contributed by atoms with Crippen LogP contribution in [0.1, 0.15) is 57.9 Å². The number of carbonyl (C=O) groups excluding carboxylic acids is 2. The van der Waals surface area contributed by atoms with Crippen molar-refractivity contribution in [1.82, 2.24) is 10.2 Å². The lowest BCUT2D eigenvalue weighted by Crippen LogP contribution is -2.54. The summed E-state index contributed by atoms with van der Waals surface area (Å²) in [6.07, 6.45) is 4.98. The van der Waals surface area contributed by atoms with E-state index in [0.717, 1.165) is 31.2 Å². The third-order valence-electron chi connectivity index (χ3n) is 6.57. The number of aryl methyl sites for hydroxylation is 1. The lowest BCUT2D eigenvalue weighted by atomic mass is 10.0. The number of fused-ring (bicyclic) bond motifs is 1. The number of benzene rings is 1. The fraction of sp³-hybridized carbons (Fsp3) is 0.625. The Labute approximate surface area is 184 Å². The second-order valence-electron chi connectivity index (χ2n) is 8.71. The number of hydrogen-bond acceptors (Lipinski definition) is 5. The van der Waals surface area contributed by atoms with Crippen molar-refractivity contribution in [1.29, 1.82) is 0 Å². The molecule has 2 N–H and O–H groups in total. The average Bonchev–Trinajstić information content (AvgIpc) is 3.31. The number of nitrogens with zero attached hydrogens (tertiary/aromatic N) is 1. The summed E-state index contributed by atoms with van der Waals surface area (Å²) in [5.41, 5.74) is 1.12. The van der Waals surface area contributed by atoms with E-state index >= 15 is 0 Å². The average molecular weight is 431 g/mol. The molecule has 1 aromatic carbocycles. The van der Waals surface area contributed by atoms with E-state index in [-0.39, 0.29) is 37.0 Å². The maximum Gasteiger partial charge on any atom is 0.323 e. The largest absolute Gasteiger partial charge is 0.481 e. The lowest BCUT2D eigenvalue weighted by molar-refractivity contribution is -0.146. The molecule has 170 valence electrons. The van der Waals surface area contributed by atoms with Gasteiger partial charge in [-0.3, -0.25) is 19.7 Å². The number of nitrogens with one attached hydrogen (secondary N) is 1. The molecule has 0 radical (unpaired) electrons. The van der Waals surface area contributed by atoms with Crippen molar-refractivity contribution in [3.8, 4) is 0 Å². The first kappa shape index (κ1) is 23.3. The Bertz CT molecular complexity index is 768. The van der Waals surface area contributed by atoms with Gasteiger partial charge >= 0.3 is 11.9 Å². The molecule has 0 aromatic heterocycles. The predicted molar refractivity (Wildman–Crippen MR) is 116 cm³/mol. The summed E-state index contributed by atoms with van der Waals surface area (Å²) < 4.78 is 5.24. The van der Waals surface area contributed by atoms with Gasteiger partial charge in [0, 0.05) is 12.1 Å². The zero-order chi connectivity index (χ0) is 22.4. The molecule has 1 unspecified atom stereocenters. The molecule has 0 spiro atoms. The number of likely N-dealkylation sites (tertiary alicyclic amines) is 1. The van der Waals surface area contributed by atoms with Crippen LogP contribution in [-0.2, 0) is 25.5 Å². The van der Waals surface area contributed by atoms with Crippen LogP contribution in [0.5, 0.6) is 0 Å². The summed E-state index contributed by atoms with van der Waals surface area (Å²) >= 11 is 0. The van der Waals surface area contributed by atoms with E-state index in [1.807, 2.05) is 35.2 Å². The Morgan fingerprint density at radius 2 is 1.97 bits per heavy atom. The summed E-state index contributed by atoms with van der Waals surface area (Å²) in [6.45, 7) is 3.81. The second-order valence-corrected chi connectivity index (χ2v) is 8.71. The molecule has 1 saturated carbocycles. The summed E-state index contributed by atoms with van der Waals surface area (Å²) in [5, 5.41) is 12.5. The second kappa shape index (κ2) is 10.8. The highest BCUT2D eigenvalue weighted by atomic mass is 16.5. The SMILES string of the molecule is CCOC(=O)[C@H](CCc1ccccc1)N[C@@H](C)C(=O)N1C(CC(=O)O)C[C@@H]2CCC[C@@H]21. The molecule has 7 heteroatoms. The number of esters is 1. The molecule has 1 saturated heterocycles. The Hall–Kier alpha value is -2.41. The highest BCUT2D eigenvalue weighted by Crippen LogP contribution is 2.42. The van der Waals surface area contributed by atoms with Crippen LogP contribution >= 0.6 is 0 Å². The van der Waals surface area contributed by atoms with Crippen LogP contribution < -0.4 is 5.32 Å². The van der Waals surface area contributed by atoms with Crippen LogP contribution in [0.3, 0.4) is 0 Å². The summed E-state index contributed by atoms with van der Waals surface area (Å²) in [6, 6.07) is 8.55. The number of amides is 1. The Morgan fingerprint density at radius 3 is 2.65 bits per heavy atom. The number of ether oxygens (including phenoxy) is 1. The van der Waals surface area contributed by atoms with Crippen molar-refractivity contribution in [3.05, 3.63) is 35.9 Å². The number of carbonyl (C=O) groups is 3. The summed E-state index contributed by atoms with van der Waals surface area (Å²) in [5.74, 6) is -0.968. The van der Waals surface area contributed by atoms with E-state index in [1.165, 1.54) is 0 Å². The molecular weight excluding hydrogens is 396 g/mol. The molecule has 5 atom stereocenters. The van der Waals surface area contributed by atoms with E-state index < -0.39 is 18.1 Å². The maximum atomic E-state index is 13.4. The monoisotopic (exact) mass is 430 g/mol. The predicted octanol–water partition coefficient (Wildman–Crippen LogP) is 2.77. The molecule has 1 aliphatic carbocycles. The Balaban J connectivity index is 1.68. The third kappa shape index (κ3) is 5.85. The molecular formula is C24H34N2O5. The van der Waals surface area contributed by atoms with Gasteiger partial charge in [0.15, 0.2) is 0 Å². The smallest absolute Gasteiger partial charge is 0.323 e. The zero-order valence-corrected chi connectivity index (χ0v) is 18.5. The lowest BCUT2D eigenvalue weighted by Gasteiger charge is -2.33. The minimum absolute atomic E-state index is 0.0270. The van der Waals surface area contributed by atoms with Gasteiger partial charge < -0.3 is 14.7 Å².